The molecular weight excluding hydrogens is 262 g/mol. The summed E-state index contributed by atoms with van der Waals surface area (Å²) in [6, 6.07) is 5.67. The van der Waals surface area contributed by atoms with Gasteiger partial charge in [0.2, 0.25) is 0 Å². The first-order chi connectivity index (χ1) is 9.02. The van der Waals surface area contributed by atoms with Gasteiger partial charge in [-0.15, -0.1) is 0 Å². The van der Waals surface area contributed by atoms with Crippen LogP contribution in [0, 0.1) is 0 Å². The van der Waals surface area contributed by atoms with E-state index in [1.807, 2.05) is 19.1 Å². The number of rotatable bonds is 8. The van der Waals surface area contributed by atoms with Crippen LogP contribution in [0.3, 0.4) is 0 Å². The van der Waals surface area contributed by atoms with Crippen molar-refractivity contribution < 1.29 is 14.1 Å². The molecule has 0 aliphatic rings. The van der Waals surface area contributed by atoms with E-state index in [2.05, 4.69) is 12.2 Å². The summed E-state index contributed by atoms with van der Waals surface area (Å²) in [5, 5.41) is 13.0. The van der Waals surface area contributed by atoms with Gasteiger partial charge in [-0.2, -0.15) is 0 Å². The topological polar surface area (TPSA) is 58.6 Å². The third-order valence-electron chi connectivity index (χ3n) is 2.82. The van der Waals surface area contributed by atoms with Gasteiger partial charge in [-0.05, 0) is 38.0 Å². The summed E-state index contributed by atoms with van der Waals surface area (Å²) in [4.78, 5) is 0. The monoisotopic (exact) mass is 285 g/mol. The maximum Gasteiger partial charge on any atom is 0.161 e. The molecule has 1 aromatic carbocycles. The van der Waals surface area contributed by atoms with Crippen LogP contribution >= 0.6 is 0 Å². The molecule has 19 heavy (non-hydrogen) atoms. The zero-order chi connectivity index (χ0) is 14.3. The first-order valence-electron chi connectivity index (χ1n) is 6.51. The summed E-state index contributed by atoms with van der Waals surface area (Å²) in [6.07, 6.45) is 2.61. The Morgan fingerprint density at radius 1 is 1.47 bits per heavy atom. The number of phenols is 1. The zero-order valence-electron chi connectivity index (χ0n) is 11.8. The van der Waals surface area contributed by atoms with Crippen molar-refractivity contribution >= 4 is 10.8 Å². The molecule has 0 radical (unpaired) electrons. The van der Waals surface area contributed by atoms with Gasteiger partial charge in [-0.1, -0.05) is 6.07 Å². The molecular formula is C14H23NO3S. The molecule has 0 heterocycles. The van der Waals surface area contributed by atoms with Crippen LogP contribution in [0.4, 0.5) is 0 Å². The van der Waals surface area contributed by atoms with E-state index in [4.69, 9.17) is 4.74 Å². The van der Waals surface area contributed by atoms with Gasteiger partial charge in [0, 0.05) is 35.4 Å². The number of aromatic hydroxyl groups is 1. The Morgan fingerprint density at radius 3 is 2.84 bits per heavy atom. The normalized spacial score (nSPS) is 14.1. The highest BCUT2D eigenvalue weighted by Gasteiger charge is 2.06. The molecule has 0 saturated heterocycles. The van der Waals surface area contributed by atoms with E-state index >= 15 is 0 Å². The van der Waals surface area contributed by atoms with Crippen LogP contribution in [-0.4, -0.2) is 34.0 Å². The number of nitrogens with one attached hydrogen (secondary N) is 1. The second kappa shape index (κ2) is 8.17. The van der Waals surface area contributed by atoms with Crippen molar-refractivity contribution in [3.05, 3.63) is 23.8 Å². The minimum atomic E-state index is -0.737. The minimum Gasteiger partial charge on any atom is -0.504 e. The largest absolute Gasteiger partial charge is 0.504 e. The van der Waals surface area contributed by atoms with Crippen LogP contribution in [0.15, 0.2) is 18.2 Å². The SMILES string of the molecule is CCOc1cc(CNC(C)CCS(C)=O)ccc1O. The molecule has 2 unspecified atom stereocenters. The maximum atomic E-state index is 11.0. The summed E-state index contributed by atoms with van der Waals surface area (Å²) in [7, 11) is -0.737. The number of phenolic OH excluding ortho intramolecular Hbond substituents is 1. The van der Waals surface area contributed by atoms with Gasteiger partial charge in [0.05, 0.1) is 6.61 Å². The van der Waals surface area contributed by atoms with Gasteiger partial charge >= 0.3 is 0 Å². The second-order valence-corrected chi connectivity index (χ2v) is 6.14. The third-order valence-corrected chi connectivity index (χ3v) is 3.63. The van der Waals surface area contributed by atoms with E-state index < -0.39 is 10.8 Å². The van der Waals surface area contributed by atoms with Crippen molar-refractivity contribution in [3.63, 3.8) is 0 Å². The smallest absolute Gasteiger partial charge is 0.161 e. The van der Waals surface area contributed by atoms with Gasteiger partial charge < -0.3 is 15.2 Å². The molecule has 0 saturated carbocycles. The van der Waals surface area contributed by atoms with E-state index in [-0.39, 0.29) is 5.75 Å². The van der Waals surface area contributed by atoms with Crippen molar-refractivity contribution in [1.29, 1.82) is 0 Å². The van der Waals surface area contributed by atoms with E-state index in [0.717, 1.165) is 12.0 Å². The van der Waals surface area contributed by atoms with Gasteiger partial charge in [0.15, 0.2) is 11.5 Å². The molecule has 5 heteroatoms. The molecule has 1 aromatic rings. The Hall–Kier alpha value is -1.07. The fourth-order valence-electron chi connectivity index (χ4n) is 1.68. The summed E-state index contributed by atoms with van der Waals surface area (Å²) in [6.45, 7) is 5.20. The predicted octanol–water partition coefficient (Wildman–Crippen LogP) is 2.04. The highest BCUT2D eigenvalue weighted by atomic mass is 32.2. The van der Waals surface area contributed by atoms with Gasteiger partial charge in [-0.25, -0.2) is 0 Å². The molecule has 0 aliphatic carbocycles. The molecule has 108 valence electrons. The molecule has 1 rings (SSSR count). The van der Waals surface area contributed by atoms with Gasteiger partial charge in [0.25, 0.3) is 0 Å². The maximum absolute atomic E-state index is 11.0. The lowest BCUT2D eigenvalue weighted by molar-refractivity contribution is 0.317. The lowest BCUT2D eigenvalue weighted by Crippen LogP contribution is -2.26. The number of benzene rings is 1. The lowest BCUT2D eigenvalue weighted by atomic mass is 10.2. The summed E-state index contributed by atoms with van der Waals surface area (Å²) in [5.41, 5.74) is 1.06. The average Bonchev–Trinajstić information content (AvgIpc) is 2.37. The standard InChI is InChI=1S/C14H23NO3S/c1-4-18-14-9-12(5-6-13(14)16)10-15-11(2)7-8-19(3)17/h5-6,9,11,15-16H,4,7-8,10H2,1-3H3. The van der Waals surface area contributed by atoms with Crippen LogP contribution in [0.2, 0.25) is 0 Å². The van der Waals surface area contributed by atoms with Gasteiger partial charge in [0.1, 0.15) is 0 Å². The number of hydrogen-bond donors (Lipinski definition) is 2. The fraction of sp³-hybridized carbons (Fsp3) is 0.571. The zero-order valence-corrected chi connectivity index (χ0v) is 12.6. The summed E-state index contributed by atoms with van der Waals surface area (Å²) >= 11 is 0. The van der Waals surface area contributed by atoms with Crippen molar-refractivity contribution in [2.45, 2.75) is 32.9 Å². The van der Waals surface area contributed by atoms with Crippen molar-refractivity contribution in [2.24, 2.45) is 0 Å². The Balaban J connectivity index is 2.48. The Labute approximate surface area is 117 Å². The second-order valence-electron chi connectivity index (χ2n) is 4.58. The first-order valence-corrected chi connectivity index (χ1v) is 8.23. The Kier molecular flexibility index (Phi) is 6.87. The van der Waals surface area contributed by atoms with Crippen molar-refractivity contribution in [2.75, 3.05) is 18.6 Å². The van der Waals surface area contributed by atoms with Gasteiger partial charge in [-0.3, -0.25) is 4.21 Å². The van der Waals surface area contributed by atoms with Crippen LogP contribution in [0.1, 0.15) is 25.8 Å². The molecule has 4 nitrogen and oxygen atoms in total. The third kappa shape index (κ3) is 6.07. The van der Waals surface area contributed by atoms with Crippen LogP contribution in [0.5, 0.6) is 11.5 Å². The van der Waals surface area contributed by atoms with E-state index in [9.17, 15) is 9.32 Å². The molecule has 0 bridgehead atoms. The molecule has 0 aliphatic heterocycles. The fourth-order valence-corrected chi connectivity index (χ4v) is 2.36. The first kappa shape index (κ1) is 16.0. The molecule has 0 fully saturated rings. The lowest BCUT2D eigenvalue weighted by Gasteiger charge is -2.14. The predicted molar refractivity (Wildman–Crippen MR) is 79.1 cm³/mol. The van der Waals surface area contributed by atoms with E-state index in [1.165, 1.54) is 0 Å². The average molecular weight is 285 g/mol. The molecule has 2 N–H and O–H groups in total. The van der Waals surface area contributed by atoms with Crippen LogP contribution < -0.4 is 10.1 Å². The van der Waals surface area contributed by atoms with Crippen LogP contribution in [0.25, 0.3) is 0 Å². The van der Waals surface area contributed by atoms with Crippen molar-refractivity contribution in [3.8, 4) is 11.5 Å². The Morgan fingerprint density at radius 2 is 2.21 bits per heavy atom. The highest BCUT2D eigenvalue weighted by Crippen LogP contribution is 2.26. The highest BCUT2D eigenvalue weighted by molar-refractivity contribution is 7.84. The number of ether oxygens (including phenoxy) is 1. The van der Waals surface area contributed by atoms with E-state index in [1.54, 1.807) is 12.3 Å². The van der Waals surface area contributed by atoms with E-state index in [0.29, 0.717) is 30.7 Å². The summed E-state index contributed by atoms with van der Waals surface area (Å²) in [5.74, 6) is 1.40. The molecule has 0 amide bonds. The number of hydrogen-bond acceptors (Lipinski definition) is 4. The van der Waals surface area contributed by atoms with Crippen molar-refractivity contribution in [1.82, 2.24) is 5.32 Å². The minimum absolute atomic E-state index is 0.167. The Bertz CT molecular complexity index is 423. The van der Waals surface area contributed by atoms with Crippen LogP contribution in [-0.2, 0) is 17.3 Å². The molecule has 0 aromatic heterocycles. The summed E-state index contributed by atoms with van der Waals surface area (Å²) < 4.78 is 16.4. The molecule has 0 spiro atoms. The quantitative estimate of drug-likeness (QED) is 0.767. The molecule has 2 atom stereocenters.